The van der Waals surface area contributed by atoms with Gasteiger partial charge in [0, 0.05) is 23.3 Å². The van der Waals surface area contributed by atoms with Crippen LogP contribution in [-0.4, -0.2) is 11.5 Å². The minimum atomic E-state index is 0.278. The number of nitrogens with zero attached hydrogens (tertiary/aromatic N) is 1. The summed E-state index contributed by atoms with van der Waals surface area (Å²) < 4.78 is 6.10. The van der Waals surface area contributed by atoms with E-state index >= 15 is 0 Å². The van der Waals surface area contributed by atoms with Crippen molar-refractivity contribution in [1.29, 1.82) is 0 Å². The second-order valence-electron chi connectivity index (χ2n) is 5.12. The number of furan rings is 1. The highest BCUT2D eigenvalue weighted by Gasteiger charge is 2.14. The third-order valence-electron chi connectivity index (χ3n) is 3.78. The summed E-state index contributed by atoms with van der Waals surface area (Å²) in [6.45, 7) is 5.22. The first-order chi connectivity index (χ1) is 10.3. The van der Waals surface area contributed by atoms with Gasteiger partial charge in [-0.05, 0) is 36.6 Å². The molecule has 0 radical (unpaired) electrons. The molecule has 3 aromatic rings. The first kappa shape index (κ1) is 13.8. The fourth-order valence-corrected chi connectivity index (χ4v) is 2.71. The lowest BCUT2D eigenvalue weighted by atomic mass is 10.1. The van der Waals surface area contributed by atoms with Gasteiger partial charge in [-0.3, -0.25) is 4.98 Å². The van der Waals surface area contributed by atoms with Crippen molar-refractivity contribution in [3.05, 3.63) is 54.6 Å². The van der Waals surface area contributed by atoms with E-state index in [9.17, 15) is 0 Å². The van der Waals surface area contributed by atoms with E-state index in [0.29, 0.717) is 0 Å². The van der Waals surface area contributed by atoms with Gasteiger partial charge in [0.2, 0.25) is 0 Å². The molecule has 0 aliphatic rings. The zero-order valence-corrected chi connectivity index (χ0v) is 12.5. The molecule has 108 valence electrons. The van der Waals surface area contributed by atoms with Gasteiger partial charge in [-0.2, -0.15) is 0 Å². The molecule has 3 nitrogen and oxygen atoms in total. The molecule has 0 aliphatic heterocycles. The Balaban J connectivity index is 2.02. The second-order valence-corrected chi connectivity index (χ2v) is 5.12. The van der Waals surface area contributed by atoms with Crippen LogP contribution in [0.5, 0.6) is 0 Å². The predicted octanol–water partition coefficient (Wildman–Crippen LogP) is 4.56. The third kappa shape index (κ3) is 2.69. The monoisotopic (exact) mass is 280 g/mol. The largest absolute Gasteiger partial charge is 0.459 e. The summed E-state index contributed by atoms with van der Waals surface area (Å²) in [6, 6.07) is 12.7. The number of benzene rings is 1. The minimum Gasteiger partial charge on any atom is -0.459 e. The zero-order valence-electron chi connectivity index (χ0n) is 12.5. The fraction of sp³-hybridized carbons (Fsp3) is 0.278. The normalized spacial score (nSPS) is 12.7. The molecule has 2 heterocycles. The van der Waals surface area contributed by atoms with E-state index in [0.717, 1.165) is 35.4 Å². The fourth-order valence-electron chi connectivity index (χ4n) is 2.71. The molecule has 0 fully saturated rings. The van der Waals surface area contributed by atoms with Crippen LogP contribution in [0, 0.1) is 0 Å². The number of hydrogen-bond acceptors (Lipinski definition) is 3. The molecule has 1 N–H and O–H groups in total. The highest BCUT2D eigenvalue weighted by molar-refractivity contribution is 5.94. The van der Waals surface area contributed by atoms with Crippen molar-refractivity contribution < 1.29 is 4.42 Å². The van der Waals surface area contributed by atoms with E-state index in [1.165, 1.54) is 5.39 Å². The molecule has 1 aromatic carbocycles. The first-order valence-electron chi connectivity index (χ1n) is 7.49. The first-order valence-corrected chi connectivity index (χ1v) is 7.49. The summed E-state index contributed by atoms with van der Waals surface area (Å²) in [5.41, 5.74) is 1.12. The zero-order chi connectivity index (χ0) is 14.7. The molecule has 1 atom stereocenters. The van der Waals surface area contributed by atoms with E-state index in [1.54, 1.807) is 0 Å². The highest BCUT2D eigenvalue weighted by Crippen LogP contribution is 2.31. The van der Waals surface area contributed by atoms with Gasteiger partial charge in [-0.1, -0.05) is 32.0 Å². The number of pyridine rings is 1. The van der Waals surface area contributed by atoms with E-state index in [-0.39, 0.29) is 6.04 Å². The maximum atomic E-state index is 6.10. The average Bonchev–Trinajstić information content (AvgIpc) is 3.01. The van der Waals surface area contributed by atoms with Gasteiger partial charge in [0.15, 0.2) is 0 Å². The summed E-state index contributed by atoms with van der Waals surface area (Å²) in [4.78, 5) is 4.18. The summed E-state index contributed by atoms with van der Waals surface area (Å²) in [5.74, 6) is 1.92. The third-order valence-corrected chi connectivity index (χ3v) is 3.78. The van der Waals surface area contributed by atoms with Gasteiger partial charge < -0.3 is 9.73 Å². The smallest absolute Gasteiger partial charge is 0.134 e. The summed E-state index contributed by atoms with van der Waals surface area (Å²) in [7, 11) is 0. The van der Waals surface area contributed by atoms with Crippen molar-refractivity contribution in [2.45, 2.75) is 26.3 Å². The number of hydrogen-bond donors (Lipinski definition) is 1. The molecule has 0 saturated carbocycles. The molecule has 0 saturated heterocycles. The molecule has 3 heteroatoms. The van der Waals surface area contributed by atoms with Crippen LogP contribution < -0.4 is 5.32 Å². The molecular formula is C18H20N2O. The molecule has 3 rings (SSSR count). The summed E-state index contributed by atoms with van der Waals surface area (Å²) in [6.07, 6.45) is 4.72. The van der Waals surface area contributed by atoms with Gasteiger partial charge in [-0.15, -0.1) is 0 Å². The molecule has 0 aliphatic carbocycles. The van der Waals surface area contributed by atoms with Crippen molar-refractivity contribution in [3.8, 4) is 11.3 Å². The molecule has 2 aromatic heterocycles. The van der Waals surface area contributed by atoms with Crippen LogP contribution >= 0.6 is 0 Å². The minimum absolute atomic E-state index is 0.278. The lowest BCUT2D eigenvalue weighted by Crippen LogP contribution is -2.19. The van der Waals surface area contributed by atoms with Crippen LogP contribution in [0.25, 0.3) is 22.1 Å². The van der Waals surface area contributed by atoms with Crippen LogP contribution in [0.4, 0.5) is 0 Å². The SMILES string of the molecule is CCNC(CC)c1ccc(-c2cccc3cnccc23)o1. The van der Waals surface area contributed by atoms with Gasteiger partial charge in [0.25, 0.3) is 0 Å². The maximum Gasteiger partial charge on any atom is 0.134 e. The van der Waals surface area contributed by atoms with Crippen molar-refractivity contribution in [3.63, 3.8) is 0 Å². The Bertz CT molecular complexity index is 727. The van der Waals surface area contributed by atoms with Gasteiger partial charge in [0.05, 0.1) is 6.04 Å². The Kier molecular flexibility index (Phi) is 4.02. The second kappa shape index (κ2) is 6.10. The quantitative estimate of drug-likeness (QED) is 0.744. The Labute approximate surface area is 125 Å². The number of aromatic nitrogens is 1. The van der Waals surface area contributed by atoms with Crippen molar-refractivity contribution in [2.75, 3.05) is 6.54 Å². The summed E-state index contributed by atoms with van der Waals surface area (Å²) >= 11 is 0. The van der Waals surface area contributed by atoms with E-state index < -0.39 is 0 Å². The predicted molar refractivity (Wildman–Crippen MR) is 86.2 cm³/mol. The van der Waals surface area contributed by atoms with E-state index in [4.69, 9.17) is 4.42 Å². The molecule has 0 bridgehead atoms. The van der Waals surface area contributed by atoms with Gasteiger partial charge in [-0.25, -0.2) is 0 Å². The van der Waals surface area contributed by atoms with Crippen LogP contribution in [-0.2, 0) is 0 Å². The maximum absolute atomic E-state index is 6.10. The van der Waals surface area contributed by atoms with Gasteiger partial charge in [0.1, 0.15) is 11.5 Å². The highest BCUT2D eigenvalue weighted by atomic mass is 16.3. The van der Waals surface area contributed by atoms with Crippen LogP contribution in [0.1, 0.15) is 32.1 Å². The Hall–Kier alpha value is -2.13. The standard InChI is InChI=1S/C18H20N2O/c1-3-16(20-4-2)18-9-8-17(21-18)15-7-5-6-13-12-19-11-10-14(13)15/h5-12,16,20H,3-4H2,1-2H3. The van der Waals surface area contributed by atoms with E-state index in [2.05, 4.69) is 48.4 Å². The van der Waals surface area contributed by atoms with E-state index in [1.807, 2.05) is 24.5 Å². The number of fused-ring (bicyclic) bond motifs is 1. The summed E-state index contributed by atoms with van der Waals surface area (Å²) in [5, 5.41) is 5.75. The molecule has 21 heavy (non-hydrogen) atoms. The van der Waals surface area contributed by atoms with Gasteiger partial charge >= 0.3 is 0 Å². The average molecular weight is 280 g/mol. The molecular weight excluding hydrogens is 260 g/mol. The van der Waals surface area contributed by atoms with Crippen LogP contribution in [0.3, 0.4) is 0 Å². The van der Waals surface area contributed by atoms with Crippen molar-refractivity contribution in [1.82, 2.24) is 10.3 Å². The lowest BCUT2D eigenvalue weighted by molar-refractivity contribution is 0.417. The van der Waals surface area contributed by atoms with Crippen LogP contribution in [0.2, 0.25) is 0 Å². The molecule has 1 unspecified atom stereocenters. The van der Waals surface area contributed by atoms with Crippen LogP contribution in [0.15, 0.2) is 53.2 Å². The topological polar surface area (TPSA) is 38.1 Å². The van der Waals surface area contributed by atoms with Crippen molar-refractivity contribution >= 4 is 10.8 Å². The number of rotatable bonds is 5. The Morgan fingerprint density at radius 3 is 2.86 bits per heavy atom. The Morgan fingerprint density at radius 2 is 2.05 bits per heavy atom. The Morgan fingerprint density at radius 1 is 1.14 bits per heavy atom. The molecule has 0 amide bonds. The number of nitrogens with one attached hydrogen (secondary N) is 1. The van der Waals surface area contributed by atoms with Crippen molar-refractivity contribution in [2.24, 2.45) is 0 Å². The lowest BCUT2D eigenvalue weighted by Gasteiger charge is -2.12. The molecule has 0 spiro atoms.